The van der Waals surface area contributed by atoms with Crippen LogP contribution in [0.2, 0.25) is 0 Å². The Morgan fingerprint density at radius 2 is 1.88 bits per heavy atom. The molecule has 1 aromatic carbocycles. The number of hydrogen-bond acceptors (Lipinski definition) is 5. The van der Waals surface area contributed by atoms with Crippen molar-refractivity contribution < 1.29 is 22.8 Å². The van der Waals surface area contributed by atoms with E-state index in [4.69, 9.17) is 9.84 Å². The summed E-state index contributed by atoms with van der Waals surface area (Å²) in [5.41, 5.74) is 0. The Balaban J connectivity index is 3.43. The van der Waals surface area contributed by atoms with E-state index in [1.165, 1.54) is 0 Å². The van der Waals surface area contributed by atoms with Crippen LogP contribution in [-0.4, -0.2) is 31.3 Å². The number of hydrogen-bond donors (Lipinski definition) is 1. The molecule has 0 saturated heterocycles. The summed E-state index contributed by atoms with van der Waals surface area (Å²) < 4.78 is 40.0. The van der Waals surface area contributed by atoms with Crippen LogP contribution in [0.3, 0.4) is 0 Å². The van der Waals surface area contributed by atoms with Crippen molar-refractivity contribution in [2.45, 2.75) is 4.90 Å². The van der Waals surface area contributed by atoms with E-state index in [0.29, 0.717) is 12.9 Å². The molecule has 0 spiro atoms. The standard InChI is InChI=1S/C8H7I3O5S/c9-4-3-5(10)8(17(13,14)15)6(11)7(4)16-2-1-12/h3,12H,1-2H2,(H,13,14,15)/p-1. The van der Waals surface area contributed by atoms with Crippen molar-refractivity contribution in [1.82, 2.24) is 0 Å². The first-order valence-corrected chi connectivity index (χ1v) is 8.80. The molecule has 0 aliphatic carbocycles. The van der Waals surface area contributed by atoms with Crippen LogP contribution < -0.4 is 4.74 Å². The monoisotopic (exact) mass is 595 g/mol. The smallest absolute Gasteiger partial charge is 0.147 e. The van der Waals surface area contributed by atoms with Gasteiger partial charge in [0.1, 0.15) is 22.5 Å². The Morgan fingerprint density at radius 3 is 2.35 bits per heavy atom. The van der Waals surface area contributed by atoms with Crippen molar-refractivity contribution in [1.29, 1.82) is 0 Å². The fraction of sp³-hybridized carbons (Fsp3) is 0.250. The second kappa shape index (κ2) is 6.49. The Kier molecular flexibility index (Phi) is 6.16. The lowest BCUT2D eigenvalue weighted by molar-refractivity contribution is 0.199. The van der Waals surface area contributed by atoms with Crippen LogP contribution in [0.25, 0.3) is 0 Å². The predicted molar refractivity (Wildman–Crippen MR) is 85.1 cm³/mol. The highest BCUT2D eigenvalue weighted by atomic mass is 127. The molecule has 1 aromatic rings. The molecule has 5 nitrogen and oxygen atoms in total. The molecule has 96 valence electrons. The molecular formula is C8H6I3O5S-. The number of aliphatic hydroxyl groups is 1. The molecule has 0 heterocycles. The lowest BCUT2D eigenvalue weighted by atomic mass is 10.3. The maximum absolute atomic E-state index is 11.1. The minimum absolute atomic E-state index is 0.0466. The van der Waals surface area contributed by atoms with Gasteiger partial charge in [-0.2, -0.15) is 0 Å². The lowest BCUT2D eigenvalue weighted by Crippen LogP contribution is -2.10. The second-order valence-corrected chi connectivity index (χ2v) is 7.56. The highest BCUT2D eigenvalue weighted by Gasteiger charge is 2.19. The zero-order valence-electron chi connectivity index (χ0n) is 8.11. The minimum Gasteiger partial charge on any atom is -0.744 e. The van der Waals surface area contributed by atoms with Crippen LogP contribution in [0.15, 0.2) is 11.0 Å². The van der Waals surface area contributed by atoms with Crippen molar-refractivity contribution in [2.75, 3.05) is 13.2 Å². The number of rotatable bonds is 4. The van der Waals surface area contributed by atoms with E-state index in [-0.39, 0.29) is 21.7 Å². The summed E-state index contributed by atoms with van der Waals surface area (Å²) in [6, 6.07) is 1.56. The molecule has 1 rings (SSSR count). The first-order chi connectivity index (χ1) is 7.79. The van der Waals surface area contributed by atoms with Gasteiger partial charge >= 0.3 is 0 Å². The summed E-state index contributed by atoms with van der Waals surface area (Å²) in [5.74, 6) is 0.315. The Hall–Kier alpha value is 1.08. The molecule has 17 heavy (non-hydrogen) atoms. The summed E-state index contributed by atoms with van der Waals surface area (Å²) in [7, 11) is -4.54. The maximum atomic E-state index is 11.1. The third kappa shape index (κ3) is 4.02. The average molecular weight is 595 g/mol. The summed E-state index contributed by atoms with van der Waals surface area (Å²) >= 11 is 5.54. The summed E-state index contributed by atoms with van der Waals surface area (Å²) in [6.07, 6.45) is 0. The second-order valence-electron chi connectivity index (χ2n) is 2.84. The molecule has 9 heteroatoms. The molecule has 0 unspecified atom stereocenters. The molecule has 0 aliphatic heterocycles. The average Bonchev–Trinajstić information content (AvgIpc) is 2.14. The van der Waals surface area contributed by atoms with Crippen molar-refractivity contribution in [3.63, 3.8) is 0 Å². The quantitative estimate of drug-likeness (QED) is 0.424. The third-order valence-electron chi connectivity index (χ3n) is 1.67. The fourth-order valence-electron chi connectivity index (χ4n) is 1.06. The summed E-state index contributed by atoms with van der Waals surface area (Å²) in [5, 5.41) is 8.68. The molecule has 0 saturated carbocycles. The zero-order valence-corrected chi connectivity index (χ0v) is 15.4. The Morgan fingerprint density at radius 1 is 1.29 bits per heavy atom. The molecule has 0 bridgehead atoms. The molecule has 0 radical (unpaired) electrons. The van der Waals surface area contributed by atoms with E-state index < -0.39 is 10.1 Å². The SMILES string of the molecule is O=S(=O)([O-])c1c(I)cc(I)c(OCCO)c1I. The topological polar surface area (TPSA) is 86.7 Å². The van der Waals surface area contributed by atoms with Gasteiger partial charge in [0, 0.05) is 3.57 Å². The van der Waals surface area contributed by atoms with E-state index in [1.807, 2.05) is 22.6 Å². The van der Waals surface area contributed by atoms with Gasteiger partial charge in [-0.05, 0) is 73.8 Å². The van der Waals surface area contributed by atoms with Gasteiger partial charge in [-0.3, -0.25) is 0 Å². The van der Waals surface area contributed by atoms with Crippen molar-refractivity contribution >= 4 is 77.9 Å². The van der Waals surface area contributed by atoms with Gasteiger partial charge in [0.2, 0.25) is 0 Å². The maximum Gasteiger partial charge on any atom is 0.147 e. The Bertz CT molecular complexity index is 528. The molecule has 0 aliphatic rings. The van der Waals surface area contributed by atoms with Gasteiger partial charge in [-0.1, -0.05) is 0 Å². The van der Waals surface area contributed by atoms with Crippen LogP contribution in [0.1, 0.15) is 0 Å². The van der Waals surface area contributed by atoms with E-state index >= 15 is 0 Å². The van der Waals surface area contributed by atoms with Gasteiger partial charge in [-0.15, -0.1) is 0 Å². The van der Waals surface area contributed by atoms with Crippen LogP contribution >= 0.6 is 67.8 Å². The predicted octanol–water partition coefficient (Wildman–Crippen LogP) is 1.78. The van der Waals surface area contributed by atoms with Crippen LogP contribution in [0.5, 0.6) is 5.75 Å². The highest BCUT2D eigenvalue weighted by Crippen LogP contribution is 2.35. The summed E-state index contributed by atoms with van der Waals surface area (Å²) in [6.45, 7) is -0.136. The minimum atomic E-state index is -4.54. The molecule has 0 fully saturated rings. The van der Waals surface area contributed by atoms with Crippen molar-refractivity contribution in [3.05, 3.63) is 16.8 Å². The molecule has 0 amide bonds. The Labute approximate surface area is 139 Å². The van der Waals surface area contributed by atoms with Gasteiger partial charge in [0.15, 0.2) is 0 Å². The van der Waals surface area contributed by atoms with Crippen LogP contribution in [0.4, 0.5) is 0 Å². The fourth-order valence-corrected chi connectivity index (χ4v) is 6.97. The van der Waals surface area contributed by atoms with Crippen LogP contribution in [0, 0.1) is 10.7 Å². The number of halogens is 3. The molecule has 0 aromatic heterocycles. The molecule has 0 atom stereocenters. The number of benzene rings is 1. The van der Waals surface area contributed by atoms with Gasteiger partial charge in [-0.25, -0.2) is 8.42 Å². The highest BCUT2D eigenvalue weighted by molar-refractivity contribution is 14.1. The van der Waals surface area contributed by atoms with E-state index in [9.17, 15) is 13.0 Å². The molecular weight excluding hydrogens is 589 g/mol. The van der Waals surface area contributed by atoms with E-state index in [0.717, 1.165) is 0 Å². The lowest BCUT2D eigenvalue weighted by Gasteiger charge is -2.16. The summed E-state index contributed by atoms with van der Waals surface area (Å²) in [4.78, 5) is -0.271. The first kappa shape index (κ1) is 16.1. The third-order valence-corrected chi connectivity index (χ3v) is 6.01. The van der Waals surface area contributed by atoms with Crippen molar-refractivity contribution in [3.8, 4) is 5.75 Å². The van der Waals surface area contributed by atoms with Gasteiger partial charge in [0.25, 0.3) is 0 Å². The largest absolute Gasteiger partial charge is 0.744 e. The number of ether oxygens (including phenoxy) is 1. The van der Waals surface area contributed by atoms with E-state index in [1.54, 1.807) is 51.2 Å². The zero-order chi connectivity index (χ0) is 13.2. The van der Waals surface area contributed by atoms with Crippen LogP contribution in [-0.2, 0) is 10.1 Å². The van der Waals surface area contributed by atoms with Gasteiger partial charge in [0.05, 0.1) is 18.6 Å². The number of aliphatic hydroxyl groups excluding tert-OH is 1. The first-order valence-electron chi connectivity index (χ1n) is 4.16. The molecule has 1 N–H and O–H groups in total. The normalized spacial score (nSPS) is 11.6. The van der Waals surface area contributed by atoms with E-state index in [2.05, 4.69) is 0 Å². The van der Waals surface area contributed by atoms with Gasteiger partial charge < -0.3 is 14.4 Å². The van der Waals surface area contributed by atoms with Crippen molar-refractivity contribution in [2.24, 2.45) is 0 Å².